The fourth-order valence-electron chi connectivity index (χ4n) is 1.54. The zero-order chi connectivity index (χ0) is 17.5. The SMILES string of the molecule is Cc1ccc(NC(=O)CSC(C)C(=O)NCC(F)(F)CN)cc1. The number of alkyl halides is 2. The van der Waals surface area contributed by atoms with Crippen LogP contribution in [0.25, 0.3) is 0 Å². The average molecular weight is 345 g/mol. The highest BCUT2D eigenvalue weighted by molar-refractivity contribution is 8.01. The first kappa shape index (κ1) is 19.4. The molecule has 4 N–H and O–H groups in total. The molecule has 23 heavy (non-hydrogen) atoms. The van der Waals surface area contributed by atoms with Gasteiger partial charge in [0.25, 0.3) is 5.92 Å². The summed E-state index contributed by atoms with van der Waals surface area (Å²) >= 11 is 1.07. The van der Waals surface area contributed by atoms with Gasteiger partial charge in [0.2, 0.25) is 11.8 Å². The summed E-state index contributed by atoms with van der Waals surface area (Å²) in [5.41, 5.74) is 6.64. The van der Waals surface area contributed by atoms with Crippen LogP contribution in [0.15, 0.2) is 24.3 Å². The van der Waals surface area contributed by atoms with Gasteiger partial charge in [-0.05, 0) is 26.0 Å². The molecule has 0 heterocycles. The van der Waals surface area contributed by atoms with E-state index in [1.807, 2.05) is 19.1 Å². The third-order valence-electron chi connectivity index (χ3n) is 2.99. The van der Waals surface area contributed by atoms with Crippen molar-refractivity contribution in [1.29, 1.82) is 0 Å². The minimum atomic E-state index is -3.12. The molecule has 1 unspecified atom stereocenters. The van der Waals surface area contributed by atoms with Crippen LogP contribution in [0.2, 0.25) is 0 Å². The standard InChI is InChI=1S/C15H21F2N3O2S/c1-10-3-5-12(6-4-10)20-13(21)7-23-11(2)14(22)19-9-15(16,17)8-18/h3-6,11H,7-9,18H2,1-2H3,(H,19,22)(H,20,21). The Labute approximate surface area is 138 Å². The quantitative estimate of drug-likeness (QED) is 0.670. The number of thioether (sulfide) groups is 1. The number of hydrogen-bond acceptors (Lipinski definition) is 4. The molecule has 1 aromatic carbocycles. The van der Waals surface area contributed by atoms with Gasteiger partial charge in [-0.25, -0.2) is 8.78 Å². The third-order valence-corrected chi connectivity index (χ3v) is 4.13. The van der Waals surface area contributed by atoms with Crippen LogP contribution in [0, 0.1) is 6.92 Å². The maximum atomic E-state index is 13.0. The monoisotopic (exact) mass is 345 g/mol. The Hall–Kier alpha value is -1.67. The lowest BCUT2D eigenvalue weighted by Crippen LogP contribution is -2.43. The third kappa shape index (κ3) is 7.43. The van der Waals surface area contributed by atoms with Gasteiger partial charge in [0.1, 0.15) is 0 Å². The number of nitrogens with one attached hydrogen (secondary N) is 2. The van der Waals surface area contributed by atoms with E-state index in [1.165, 1.54) is 0 Å². The van der Waals surface area contributed by atoms with Crippen LogP contribution in [0.3, 0.4) is 0 Å². The van der Waals surface area contributed by atoms with Crippen molar-refractivity contribution in [3.8, 4) is 0 Å². The summed E-state index contributed by atoms with van der Waals surface area (Å²) in [6.45, 7) is 1.87. The summed E-state index contributed by atoms with van der Waals surface area (Å²) in [7, 11) is 0. The number of amides is 2. The number of halogens is 2. The van der Waals surface area contributed by atoms with E-state index in [2.05, 4.69) is 10.6 Å². The van der Waals surface area contributed by atoms with Crippen LogP contribution in [0.5, 0.6) is 0 Å². The largest absolute Gasteiger partial charge is 0.349 e. The second-order valence-corrected chi connectivity index (χ2v) is 6.47. The zero-order valence-corrected chi connectivity index (χ0v) is 13.9. The van der Waals surface area contributed by atoms with E-state index in [9.17, 15) is 18.4 Å². The normalized spacial score (nSPS) is 12.6. The molecule has 0 bridgehead atoms. The molecule has 1 atom stereocenters. The maximum absolute atomic E-state index is 13.0. The van der Waals surface area contributed by atoms with Gasteiger partial charge in [-0.3, -0.25) is 9.59 Å². The first-order valence-electron chi connectivity index (χ1n) is 7.07. The highest BCUT2D eigenvalue weighted by Crippen LogP contribution is 2.14. The summed E-state index contributed by atoms with van der Waals surface area (Å²) < 4.78 is 25.9. The van der Waals surface area contributed by atoms with Gasteiger partial charge in [-0.1, -0.05) is 17.7 Å². The predicted octanol–water partition coefficient (Wildman–Crippen LogP) is 1.77. The molecule has 0 spiro atoms. The van der Waals surface area contributed by atoms with E-state index in [4.69, 9.17) is 5.73 Å². The van der Waals surface area contributed by atoms with E-state index >= 15 is 0 Å². The Morgan fingerprint density at radius 2 is 1.91 bits per heavy atom. The lowest BCUT2D eigenvalue weighted by Gasteiger charge is -2.17. The number of carbonyl (C=O) groups excluding carboxylic acids is 2. The van der Waals surface area contributed by atoms with Gasteiger partial charge < -0.3 is 16.4 Å². The molecule has 8 heteroatoms. The van der Waals surface area contributed by atoms with Crippen LogP contribution in [0.4, 0.5) is 14.5 Å². The van der Waals surface area contributed by atoms with Gasteiger partial charge in [-0.15, -0.1) is 11.8 Å². The van der Waals surface area contributed by atoms with Gasteiger partial charge in [0.15, 0.2) is 0 Å². The Morgan fingerprint density at radius 3 is 2.48 bits per heavy atom. The maximum Gasteiger partial charge on any atom is 0.277 e. The minimum Gasteiger partial charge on any atom is -0.349 e. The van der Waals surface area contributed by atoms with Crippen LogP contribution < -0.4 is 16.4 Å². The van der Waals surface area contributed by atoms with Crippen molar-refractivity contribution in [2.24, 2.45) is 5.73 Å². The van der Waals surface area contributed by atoms with E-state index in [-0.39, 0.29) is 11.7 Å². The number of rotatable bonds is 8. The molecule has 0 aliphatic rings. The molecule has 0 aromatic heterocycles. The van der Waals surface area contributed by atoms with Crippen LogP contribution in [-0.2, 0) is 9.59 Å². The minimum absolute atomic E-state index is 0.0513. The molecule has 0 fully saturated rings. The second-order valence-electron chi connectivity index (χ2n) is 5.15. The summed E-state index contributed by atoms with van der Waals surface area (Å²) in [6.07, 6.45) is 0. The topological polar surface area (TPSA) is 84.2 Å². The Balaban J connectivity index is 2.34. The first-order valence-corrected chi connectivity index (χ1v) is 8.12. The molecule has 0 saturated carbocycles. The first-order chi connectivity index (χ1) is 10.7. The average Bonchev–Trinajstić information content (AvgIpc) is 2.52. The number of benzene rings is 1. The van der Waals surface area contributed by atoms with Gasteiger partial charge >= 0.3 is 0 Å². The number of hydrogen-bond donors (Lipinski definition) is 3. The Bertz CT molecular complexity index is 538. The van der Waals surface area contributed by atoms with Crippen molar-refractivity contribution in [2.75, 3.05) is 24.2 Å². The molecule has 128 valence electrons. The lowest BCUT2D eigenvalue weighted by molar-refractivity contribution is -0.122. The highest BCUT2D eigenvalue weighted by Gasteiger charge is 2.28. The second kappa shape index (κ2) is 8.83. The molecule has 0 aliphatic heterocycles. The zero-order valence-electron chi connectivity index (χ0n) is 13.1. The van der Waals surface area contributed by atoms with Gasteiger partial charge in [-0.2, -0.15) is 0 Å². The van der Waals surface area contributed by atoms with E-state index in [0.717, 1.165) is 17.3 Å². The number of anilines is 1. The molecule has 1 rings (SSSR count). The number of nitrogens with two attached hydrogens (primary N) is 1. The molecule has 5 nitrogen and oxygen atoms in total. The lowest BCUT2D eigenvalue weighted by atomic mass is 10.2. The fourth-order valence-corrected chi connectivity index (χ4v) is 2.25. The van der Waals surface area contributed by atoms with E-state index in [0.29, 0.717) is 5.69 Å². The fraction of sp³-hybridized carbons (Fsp3) is 0.467. The summed E-state index contributed by atoms with van der Waals surface area (Å²) in [4.78, 5) is 23.5. The predicted molar refractivity (Wildman–Crippen MR) is 88.7 cm³/mol. The summed E-state index contributed by atoms with van der Waals surface area (Å²) in [5, 5.41) is 4.21. The number of aryl methyl sites for hydroxylation is 1. The molecule has 0 saturated heterocycles. The van der Waals surface area contributed by atoms with E-state index in [1.54, 1.807) is 19.1 Å². The number of carbonyl (C=O) groups is 2. The van der Waals surface area contributed by atoms with E-state index < -0.39 is 30.2 Å². The molecule has 0 radical (unpaired) electrons. The Kier molecular flexibility index (Phi) is 7.44. The molecule has 1 aromatic rings. The molecule has 2 amide bonds. The molecule has 0 aliphatic carbocycles. The van der Waals surface area contributed by atoms with Crippen molar-refractivity contribution in [3.05, 3.63) is 29.8 Å². The van der Waals surface area contributed by atoms with Crippen molar-refractivity contribution >= 4 is 29.3 Å². The van der Waals surface area contributed by atoms with Crippen molar-refractivity contribution in [2.45, 2.75) is 25.0 Å². The van der Waals surface area contributed by atoms with Crippen molar-refractivity contribution in [3.63, 3.8) is 0 Å². The Morgan fingerprint density at radius 1 is 1.30 bits per heavy atom. The molecular weight excluding hydrogens is 324 g/mol. The smallest absolute Gasteiger partial charge is 0.277 e. The summed E-state index contributed by atoms with van der Waals surface area (Å²) in [6, 6.07) is 7.30. The van der Waals surface area contributed by atoms with Gasteiger partial charge in [0.05, 0.1) is 24.1 Å². The summed E-state index contributed by atoms with van der Waals surface area (Å²) in [5.74, 6) is -3.88. The van der Waals surface area contributed by atoms with Crippen LogP contribution in [0.1, 0.15) is 12.5 Å². The molecular formula is C15H21F2N3O2S. The van der Waals surface area contributed by atoms with Crippen molar-refractivity contribution < 1.29 is 18.4 Å². The van der Waals surface area contributed by atoms with Crippen LogP contribution >= 0.6 is 11.8 Å². The van der Waals surface area contributed by atoms with Crippen molar-refractivity contribution in [1.82, 2.24) is 5.32 Å². The highest BCUT2D eigenvalue weighted by atomic mass is 32.2. The van der Waals surface area contributed by atoms with Crippen LogP contribution in [-0.4, -0.2) is 41.8 Å². The van der Waals surface area contributed by atoms with Gasteiger partial charge in [0, 0.05) is 5.69 Å².